The Morgan fingerprint density at radius 2 is 1.95 bits per heavy atom. The Kier molecular flexibility index (Phi) is 5.55. The molecule has 0 saturated carbocycles. The zero-order chi connectivity index (χ0) is 15.3. The van der Waals surface area contributed by atoms with E-state index in [0.717, 1.165) is 11.1 Å². The van der Waals surface area contributed by atoms with E-state index in [2.05, 4.69) is 10.6 Å². The van der Waals surface area contributed by atoms with E-state index in [-0.39, 0.29) is 5.92 Å². The number of carboxylic acid groups (broad SMARTS) is 1. The topological polar surface area (TPSA) is 78.4 Å². The zero-order valence-electron chi connectivity index (χ0n) is 12.4. The molecule has 0 spiro atoms. The standard InChI is InChI=1S/C15H22N2O3/c1-5-9(2)13(14(18)19)17-15(20)16-12-8-6-7-10(3)11(12)4/h6-9,13H,5H2,1-4H3,(H,18,19)(H2,16,17,20)/t9?,13-/m0/s1. The number of hydrogen-bond donors (Lipinski definition) is 3. The van der Waals surface area contributed by atoms with Crippen molar-refractivity contribution in [2.75, 3.05) is 5.32 Å². The van der Waals surface area contributed by atoms with Crippen LogP contribution < -0.4 is 10.6 Å². The van der Waals surface area contributed by atoms with Crippen molar-refractivity contribution in [2.24, 2.45) is 5.92 Å². The predicted molar refractivity (Wildman–Crippen MR) is 78.9 cm³/mol. The average molecular weight is 278 g/mol. The number of nitrogens with one attached hydrogen (secondary N) is 2. The number of carbonyl (C=O) groups excluding carboxylic acids is 1. The minimum absolute atomic E-state index is 0.128. The van der Waals surface area contributed by atoms with Crippen LogP contribution in [0.1, 0.15) is 31.4 Å². The third kappa shape index (κ3) is 3.98. The van der Waals surface area contributed by atoms with Gasteiger partial charge in [0.25, 0.3) is 0 Å². The van der Waals surface area contributed by atoms with Crippen molar-refractivity contribution in [1.82, 2.24) is 5.32 Å². The summed E-state index contributed by atoms with van der Waals surface area (Å²) in [6.45, 7) is 7.56. The molecule has 1 aromatic carbocycles. The van der Waals surface area contributed by atoms with Gasteiger partial charge in [-0.2, -0.15) is 0 Å². The number of aliphatic carboxylic acids is 1. The van der Waals surface area contributed by atoms with E-state index in [1.165, 1.54) is 0 Å². The fourth-order valence-corrected chi connectivity index (χ4v) is 1.87. The third-order valence-electron chi connectivity index (χ3n) is 3.62. The summed E-state index contributed by atoms with van der Waals surface area (Å²) < 4.78 is 0. The normalized spacial score (nSPS) is 13.4. The Morgan fingerprint density at radius 1 is 1.30 bits per heavy atom. The van der Waals surface area contributed by atoms with E-state index in [0.29, 0.717) is 12.1 Å². The van der Waals surface area contributed by atoms with Crippen molar-refractivity contribution in [3.05, 3.63) is 29.3 Å². The van der Waals surface area contributed by atoms with Crippen LogP contribution >= 0.6 is 0 Å². The molecule has 3 N–H and O–H groups in total. The largest absolute Gasteiger partial charge is 0.480 e. The van der Waals surface area contributed by atoms with Gasteiger partial charge in [0.1, 0.15) is 6.04 Å². The lowest BCUT2D eigenvalue weighted by Gasteiger charge is -2.20. The molecule has 0 heterocycles. The Hall–Kier alpha value is -2.04. The van der Waals surface area contributed by atoms with Crippen LogP contribution in [-0.4, -0.2) is 23.1 Å². The highest BCUT2D eigenvalue weighted by Crippen LogP contribution is 2.18. The van der Waals surface area contributed by atoms with Crippen molar-refractivity contribution in [2.45, 2.75) is 40.2 Å². The fourth-order valence-electron chi connectivity index (χ4n) is 1.87. The molecule has 1 rings (SSSR count). The molecule has 0 saturated heterocycles. The molecule has 1 aromatic rings. The molecule has 0 fully saturated rings. The summed E-state index contributed by atoms with van der Waals surface area (Å²) in [7, 11) is 0. The van der Waals surface area contributed by atoms with Gasteiger partial charge in [-0.1, -0.05) is 32.4 Å². The molecule has 0 aliphatic rings. The number of aryl methyl sites for hydroxylation is 1. The van der Waals surface area contributed by atoms with E-state index in [9.17, 15) is 9.59 Å². The van der Waals surface area contributed by atoms with Gasteiger partial charge in [-0.25, -0.2) is 9.59 Å². The molecule has 2 amide bonds. The number of carbonyl (C=O) groups is 2. The van der Waals surface area contributed by atoms with E-state index in [1.54, 1.807) is 13.0 Å². The summed E-state index contributed by atoms with van der Waals surface area (Å²) in [5.41, 5.74) is 2.73. The highest BCUT2D eigenvalue weighted by atomic mass is 16.4. The van der Waals surface area contributed by atoms with Gasteiger partial charge in [0.05, 0.1) is 0 Å². The molecular weight excluding hydrogens is 256 g/mol. The molecule has 0 radical (unpaired) electrons. The molecule has 5 heteroatoms. The highest BCUT2D eigenvalue weighted by molar-refractivity contribution is 5.93. The van der Waals surface area contributed by atoms with Gasteiger partial charge in [-0.3, -0.25) is 0 Å². The second-order valence-corrected chi connectivity index (χ2v) is 5.05. The van der Waals surface area contributed by atoms with Gasteiger partial charge >= 0.3 is 12.0 Å². The van der Waals surface area contributed by atoms with Crippen molar-refractivity contribution in [1.29, 1.82) is 0 Å². The maximum absolute atomic E-state index is 11.9. The maximum atomic E-state index is 11.9. The Labute approximate surface area is 119 Å². The average Bonchev–Trinajstić information content (AvgIpc) is 2.40. The van der Waals surface area contributed by atoms with Crippen molar-refractivity contribution >= 4 is 17.7 Å². The SMILES string of the molecule is CCC(C)[C@H](NC(=O)Nc1cccc(C)c1C)C(=O)O. The van der Waals surface area contributed by atoms with Gasteiger partial charge in [0.15, 0.2) is 0 Å². The molecule has 2 atom stereocenters. The van der Waals surface area contributed by atoms with Crippen LogP contribution in [0.3, 0.4) is 0 Å². The number of hydrogen-bond acceptors (Lipinski definition) is 2. The minimum Gasteiger partial charge on any atom is -0.480 e. The van der Waals surface area contributed by atoms with Crippen LogP contribution in [0, 0.1) is 19.8 Å². The first-order valence-corrected chi connectivity index (χ1v) is 6.73. The fraction of sp³-hybridized carbons (Fsp3) is 0.467. The molecule has 110 valence electrons. The van der Waals surface area contributed by atoms with Gasteiger partial charge < -0.3 is 15.7 Å². The second kappa shape index (κ2) is 6.93. The van der Waals surface area contributed by atoms with Gasteiger partial charge in [-0.15, -0.1) is 0 Å². The van der Waals surface area contributed by atoms with Crippen LogP contribution in [-0.2, 0) is 4.79 Å². The minimum atomic E-state index is -1.02. The predicted octanol–water partition coefficient (Wildman–Crippen LogP) is 2.92. The lowest BCUT2D eigenvalue weighted by atomic mass is 9.99. The smallest absolute Gasteiger partial charge is 0.326 e. The Bertz CT molecular complexity index is 500. The molecule has 0 bridgehead atoms. The maximum Gasteiger partial charge on any atom is 0.326 e. The number of carboxylic acids is 1. The molecule has 0 aromatic heterocycles. The lowest BCUT2D eigenvalue weighted by Crippen LogP contribution is -2.46. The van der Waals surface area contributed by atoms with Gasteiger partial charge in [-0.05, 0) is 37.0 Å². The van der Waals surface area contributed by atoms with Crippen LogP contribution in [0.25, 0.3) is 0 Å². The van der Waals surface area contributed by atoms with E-state index in [1.807, 2.05) is 32.9 Å². The first-order chi connectivity index (χ1) is 9.36. The van der Waals surface area contributed by atoms with Crippen LogP contribution in [0.15, 0.2) is 18.2 Å². The number of urea groups is 1. The monoisotopic (exact) mass is 278 g/mol. The molecule has 1 unspecified atom stereocenters. The Morgan fingerprint density at radius 3 is 2.50 bits per heavy atom. The van der Waals surface area contributed by atoms with Crippen molar-refractivity contribution in [3.8, 4) is 0 Å². The molecule has 20 heavy (non-hydrogen) atoms. The van der Waals surface area contributed by atoms with Crippen molar-refractivity contribution < 1.29 is 14.7 Å². The summed E-state index contributed by atoms with van der Waals surface area (Å²) in [5.74, 6) is -1.15. The first-order valence-electron chi connectivity index (χ1n) is 6.73. The number of amides is 2. The summed E-state index contributed by atoms with van der Waals surface area (Å²) in [6, 6.07) is 4.22. The summed E-state index contributed by atoms with van der Waals surface area (Å²) in [4.78, 5) is 23.1. The van der Waals surface area contributed by atoms with Gasteiger partial charge in [0.2, 0.25) is 0 Å². The highest BCUT2D eigenvalue weighted by Gasteiger charge is 2.25. The molecule has 0 aliphatic heterocycles. The first kappa shape index (κ1) is 16.0. The zero-order valence-corrected chi connectivity index (χ0v) is 12.4. The summed E-state index contributed by atoms with van der Waals surface area (Å²) in [6.07, 6.45) is 0.681. The van der Waals surface area contributed by atoms with E-state index in [4.69, 9.17) is 5.11 Å². The van der Waals surface area contributed by atoms with Crippen LogP contribution in [0.4, 0.5) is 10.5 Å². The molecule has 5 nitrogen and oxygen atoms in total. The number of benzene rings is 1. The van der Waals surface area contributed by atoms with E-state index < -0.39 is 18.0 Å². The molecular formula is C15H22N2O3. The summed E-state index contributed by atoms with van der Waals surface area (Å²) in [5, 5.41) is 14.4. The number of anilines is 1. The number of rotatable bonds is 5. The van der Waals surface area contributed by atoms with Gasteiger partial charge in [0, 0.05) is 5.69 Å². The van der Waals surface area contributed by atoms with Crippen LogP contribution in [0.2, 0.25) is 0 Å². The van der Waals surface area contributed by atoms with E-state index >= 15 is 0 Å². The second-order valence-electron chi connectivity index (χ2n) is 5.05. The molecule has 0 aliphatic carbocycles. The van der Waals surface area contributed by atoms with Crippen LogP contribution in [0.5, 0.6) is 0 Å². The third-order valence-corrected chi connectivity index (χ3v) is 3.62. The quantitative estimate of drug-likeness (QED) is 0.775. The van der Waals surface area contributed by atoms with Crippen molar-refractivity contribution in [3.63, 3.8) is 0 Å². The lowest BCUT2D eigenvalue weighted by molar-refractivity contribution is -0.140. The summed E-state index contributed by atoms with van der Waals surface area (Å²) >= 11 is 0. The Balaban J connectivity index is 2.76.